The molecule has 132 valence electrons. The van der Waals surface area contributed by atoms with Crippen LogP contribution in [0.4, 0.5) is 0 Å². The van der Waals surface area contributed by atoms with Gasteiger partial charge in [-0.3, -0.25) is 4.99 Å². The second kappa shape index (κ2) is 14.5. The van der Waals surface area contributed by atoms with Gasteiger partial charge in [0.2, 0.25) is 0 Å². The van der Waals surface area contributed by atoms with E-state index in [0.29, 0.717) is 25.9 Å². The fourth-order valence-electron chi connectivity index (χ4n) is 2.49. The average molecular weight is 428 g/mol. The van der Waals surface area contributed by atoms with Crippen LogP contribution in [0.2, 0.25) is 0 Å². The number of rotatable bonds is 9. The molecule has 0 aromatic heterocycles. The maximum atomic E-state index is 5.42. The molecule has 0 aromatic rings. The number of guanidine groups is 1. The zero-order valence-corrected chi connectivity index (χ0v) is 16.6. The van der Waals surface area contributed by atoms with E-state index < -0.39 is 0 Å². The largest absolute Gasteiger partial charge is 0.382 e. The summed E-state index contributed by atoms with van der Waals surface area (Å²) in [5.41, 5.74) is 0. The van der Waals surface area contributed by atoms with E-state index in [0.717, 1.165) is 12.5 Å². The first-order valence-corrected chi connectivity index (χ1v) is 8.06. The third-order valence-corrected chi connectivity index (χ3v) is 3.66. The van der Waals surface area contributed by atoms with Crippen LogP contribution >= 0.6 is 24.0 Å². The van der Waals surface area contributed by atoms with E-state index in [1.165, 1.54) is 38.9 Å². The number of ether oxygens (including phenoxy) is 2. The maximum absolute atomic E-state index is 5.42. The van der Waals surface area contributed by atoms with Gasteiger partial charge in [-0.05, 0) is 25.8 Å². The Kier molecular flexibility index (Phi) is 14.4. The molecule has 0 amide bonds. The summed E-state index contributed by atoms with van der Waals surface area (Å²) in [6, 6.07) is 0.527. The summed E-state index contributed by atoms with van der Waals surface area (Å²) in [4.78, 5) is 6.81. The molecule has 1 aliphatic heterocycles. The topological polar surface area (TPSA) is 58.1 Å². The van der Waals surface area contributed by atoms with E-state index in [4.69, 9.17) is 9.47 Å². The van der Waals surface area contributed by atoms with Gasteiger partial charge >= 0.3 is 0 Å². The minimum Gasteiger partial charge on any atom is -0.382 e. The van der Waals surface area contributed by atoms with Crippen molar-refractivity contribution in [3.63, 3.8) is 0 Å². The van der Waals surface area contributed by atoms with Crippen molar-refractivity contribution in [3.8, 4) is 0 Å². The van der Waals surface area contributed by atoms with Crippen molar-refractivity contribution in [2.45, 2.75) is 32.2 Å². The standard InChI is InChI=1S/C15H32N4O2.HI/c1-4-8-19-9-5-14(6-10-19)18-15(16-2)17-7-11-21-13-12-20-3;/h14H,4-13H2,1-3H3,(H2,16,17,18);1H. The van der Waals surface area contributed by atoms with Gasteiger partial charge in [-0.1, -0.05) is 6.92 Å². The van der Waals surface area contributed by atoms with Crippen LogP contribution in [0.15, 0.2) is 4.99 Å². The molecule has 1 rings (SSSR count). The molecule has 7 heteroatoms. The molecule has 1 fully saturated rings. The van der Waals surface area contributed by atoms with E-state index in [-0.39, 0.29) is 24.0 Å². The van der Waals surface area contributed by atoms with Crippen LogP contribution in [-0.2, 0) is 9.47 Å². The zero-order chi connectivity index (χ0) is 15.3. The van der Waals surface area contributed by atoms with Gasteiger partial charge in [0, 0.05) is 39.8 Å². The summed E-state index contributed by atoms with van der Waals surface area (Å²) in [6.07, 6.45) is 3.61. The van der Waals surface area contributed by atoms with Gasteiger partial charge in [0.15, 0.2) is 5.96 Å². The van der Waals surface area contributed by atoms with E-state index in [1.807, 2.05) is 7.05 Å². The highest BCUT2D eigenvalue weighted by Gasteiger charge is 2.19. The number of nitrogens with one attached hydrogen (secondary N) is 2. The molecule has 0 saturated carbocycles. The first kappa shape index (κ1) is 21.9. The number of halogens is 1. The smallest absolute Gasteiger partial charge is 0.191 e. The van der Waals surface area contributed by atoms with Crippen LogP contribution in [0.1, 0.15) is 26.2 Å². The fraction of sp³-hybridized carbons (Fsp3) is 0.933. The van der Waals surface area contributed by atoms with Crippen LogP contribution < -0.4 is 10.6 Å². The predicted octanol–water partition coefficient (Wildman–Crippen LogP) is 1.31. The van der Waals surface area contributed by atoms with Gasteiger partial charge in [0.25, 0.3) is 0 Å². The average Bonchev–Trinajstić information content (AvgIpc) is 2.51. The Morgan fingerprint density at radius 2 is 1.95 bits per heavy atom. The summed E-state index contributed by atoms with van der Waals surface area (Å²) >= 11 is 0. The molecular weight excluding hydrogens is 395 g/mol. The minimum absolute atomic E-state index is 0. The van der Waals surface area contributed by atoms with Crippen LogP contribution in [0.5, 0.6) is 0 Å². The molecular formula is C15H33IN4O2. The number of hydrogen-bond donors (Lipinski definition) is 2. The van der Waals surface area contributed by atoms with Crippen LogP contribution in [0.3, 0.4) is 0 Å². The zero-order valence-electron chi connectivity index (χ0n) is 14.3. The van der Waals surface area contributed by atoms with Gasteiger partial charge in [-0.25, -0.2) is 0 Å². The second-order valence-corrected chi connectivity index (χ2v) is 5.36. The Hall–Kier alpha value is -0.120. The summed E-state index contributed by atoms with van der Waals surface area (Å²) in [6.45, 7) is 8.54. The predicted molar refractivity (Wildman–Crippen MR) is 102 cm³/mol. The van der Waals surface area contributed by atoms with Crippen molar-refractivity contribution in [3.05, 3.63) is 0 Å². The first-order valence-electron chi connectivity index (χ1n) is 8.06. The van der Waals surface area contributed by atoms with Crippen molar-refractivity contribution in [1.82, 2.24) is 15.5 Å². The Morgan fingerprint density at radius 1 is 1.23 bits per heavy atom. The molecule has 2 N–H and O–H groups in total. The summed E-state index contributed by atoms with van der Waals surface area (Å²) in [7, 11) is 3.49. The molecule has 0 spiro atoms. The summed E-state index contributed by atoms with van der Waals surface area (Å²) < 4.78 is 10.4. The second-order valence-electron chi connectivity index (χ2n) is 5.36. The lowest BCUT2D eigenvalue weighted by Gasteiger charge is -2.32. The molecule has 0 aliphatic carbocycles. The highest BCUT2D eigenvalue weighted by molar-refractivity contribution is 14.0. The van der Waals surface area contributed by atoms with Crippen molar-refractivity contribution in [2.75, 3.05) is 60.2 Å². The Balaban J connectivity index is 0.00000441. The van der Waals surface area contributed by atoms with Crippen molar-refractivity contribution >= 4 is 29.9 Å². The highest BCUT2D eigenvalue weighted by Crippen LogP contribution is 2.10. The van der Waals surface area contributed by atoms with E-state index in [9.17, 15) is 0 Å². The normalized spacial score (nSPS) is 17.1. The molecule has 0 aromatic carbocycles. The molecule has 1 aliphatic rings. The molecule has 6 nitrogen and oxygen atoms in total. The van der Waals surface area contributed by atoms with Gasteiger partial charge in [-0.2, -0.15) is 0 Å². The van der Waals surface area contributed by atoms with E-state index in [1.54, 1.807) is 7.11 Å². The Bertz CT molecular complexity index is 285. The number of piperidine rings is 1. The molecule has 0 bridgehead atoms. The third kappa shape index (κ3) is 9.81. The van der Waals surface area contributed by atoms with Crippen molar-refractivity contribution in [2.24, 2.45) is 4.99 Å². The van der Waals surface area contributed by atoms with Crippen molar-refractivity contribution in [1.29, 1.82) is 0 Å². The van der Waals surface area contributed by atoms with Gasteiger partial charge in [0.1, 0.15) is 0 Å². The monoisotopic (exact) mass is 428 g/mol. The molecule has 0 atom stereocenters. The SMILES string of the molecule is CCCN1CCC(NC(=NC)NCCOCCOC)CC1.I. The lowest BCUT2D eigenvalue weighted by molar-refractivity contribution is 0.0733. The number of likely N-dealkylation sites (tertiary alicyclic amines) is 1. The summed E-state index contributed by atoms with van der Waals surface area (Å²) in [5.74, 6) is 0.874. The van der Waals surface area contributed by atoms with Gasteiger partial charge < -0.3 is 25.0 Å². The van der Waals surface area contributed by atoms with E-state index in [2.05, 4.69) is 27.4 Å². The number of nitrogens with zero attached hydrogens (tertiary/aromatic N) is 2. The molecule has 0 unspecified atom stereocenters. The number of hydrogen-bond acceptors (Lipinski definition) is 4. The Morgan fingerprint density at radius 3 is 2.55 bits per heavy atom. The van der Waals surface area contributed by atoms with E-state index >= 15 is 0 Å². The Labute approximate surface area is 152 Å². The van der Waals surface area contributed by atoms with Crippen LogP contribution in [-0.4, -0.2) is 77.1 Å². The lowest BCUT2D eigenvalue weighted by atomic mass is 10.1. The fourth-order valence-corrected chi connectivity index (χ4v) is 2.49. The van der Waals surface area contributed by atoms with Crippen LogP contribution in [0, 0.1) is 0 Å². The highest BCUT2D eigenvalue weighted by atomic mass is 127. The number of aliphatic imine (C=N–C) groups is 1. The third-order valence-electron chi connectivity index (χ3n) is 3.66. The molecule has 1 heterocycles. The summed E-state index contributed by atoms with van der Waals surface area (Å²) in [5, 5.41) is 6.79. The molecule has 22 heavy (non-hydrogen) atoms. The van der Waals surface area contributed by atoms with Gasteiger partial charge in [0.05, 0.1) is 19.8 Å². The molecule has 1 saturated heterocycles. The quantitative estimate of drug-likeness (QED) is 0.251. The van der Waals surface area contributed by atoms with Crippen molar-refractivity contribution < 1.29 is 9.47 Å². The van der Waals surface area contributed by atoms with Crippen LogP contribution in [0.25, 0.3) is 0 Å². The minimum atomic E-state index is 0. The first-order chi connectivity index (χ1) is 10.3. The molecule has 0 radical (unpaired) electrons. The lowest BCUT2D eigenvalue weighted by Crippen LogP contribution is -2.49. The van der Waals surface area contributed by atoms with Gasteiger partial charge in [-0.15, -0.1) is 24.0 Å². The maximum Gasteiger partial charge on any atom is 0.191 e. The number of methoxy groups -OCH3 is 1.